The van der Waals surface area contributed by atoms with Crippen molar-refractivity contribution in [1.29, 1.82) is 0 Å². The summed E-state index contributed by atoms with van der Waals surface area (Å²) < 4.78 is 39.6. The summed E-state index contributed by atoms with van der Waals surface area (Å²) in [5, 5.41) is 7.06. The molecule has 0 aliphatic rings. The zero-order valence-corrected chi connectivity index (χ0v) is 10.9. The highest BCUT2D eigenvalue weighted by Crippen LogP contribution is 2.33. The Morgan fingerprint density at radius 2 is 2.10 bits per heavy atom. The topological polar surface area (TPSA) is 69.0 Å². The van der Waals surface area contributed by atoms with Crippen molar-refractivity contribution in [2.45, 2.75) is 13.1 Å². The first-order chi connectivity index (χ1) is 9.93. The molecular weight excluding hydrogens is 289 g/mol. The van der Waals surface area contributed by atoms with Crippen LogP contribution in [0.1, 0.15) is 23.0 Å². The third-order valence-corrected chi connectivity index (χ3v) is 2.49. The van der Waals surface area contributed by atoms with Gasteiger partial charge in [0.05, 0.1) is 24.1 Å². The molecule has 0 unspecified atom stereocenters. The monoisotopic (exact) mass is 300 g/mol. The van der Waals surface area contributed by atoms with Gasteiger partial charge < -0.3 is 0 Å². The van der Waals surface area contributed by atoms with E-state index in [1.165, 1.54) is 18.2 Å². The molecule has 0 fully saturated rings. The van der Waals surface area contributed by atoms with Crippen LogP contribution in [0.25, 0.3) is 5.69 Å². The van der Waals surface area contributed by atoms with Gasteiger partial charge in [-0.15, -0.1) is 5.10 Å². The van der Waals surface area contributed by atoms with E-state index in [9.17, 15) is 18.0 Å². The third kappa shape index (κ3) is 3.37. The molecule has 0 bridgehead atoms. The van der Waals surface area contributed by atoms with Crippen LogP contribution in [0, 0.1) is 0 Å². The molecule has 2 rings (SSSR count). The Hall–Kier alpha value is -2.42. The number of para-hydroxylation sites is 1. The molecule has 2 aromatic rings. The van der Waals surface area contributed by atoms with Crippen molar-refractivity contribution in [2.24, 2.45) is 0 Å². The number of amides is 1. The van der Waals surface area contributed by atoms with Gasteiger partial charge in [0, 0.05) is 0 Å². The lowest BCUT2D eigenvalue weighted by atomic mass is 10.1. The molecule has 1 aromatic heterocycles. The predicted octanol–water partition coefficient (Wildman–Crippen LogP) is 1.97. The Balaban J connectivity index is 2.32. The van der Waals surface area contributed by atoms with Gasteiger partial charge in [0.15, 0.2) is 5.69 Å². The Morgan fingerprint density at radius 1 is 1.38 bits per heavy atom. The van der Waals surface area contributed by atoms with Gasteiger partial charge in [-0.05, 0) is 19.1 Å². The van der Waals surface area contributed by atoms with Crippen LogP contribution in [0.4, 0.5) is 13.2 Å². The van der Waals surface area contributed by atoms with E-state index in [1.54, 1.807) is 6.92 Å². The summed E-state index contributed by atoms with van der Waals surface area (Å²) in [6.45, 7) is 1.91. The van der Waals surface area contributed by atoms with Crippen molar-refractivity contribution in [3.05, 3.63) is 41.7 Å². The fourth-order valence-electron chi connectivity index (χ4n) is 1.59. The molecule has 6 nitrogen and oxygen atoms in total. The maximum absolute atomic E-state index is 12.9. The minimum absolute atomic E-state index is 0.152. The molecule has 0 saturated heterocycles. The van der Waals surface area contributed by atoms with E-state index in [1.807, 2.05) is 0 Å². The first kappa shape index (κ1) is 15.0. The normalized spacial score (nSPS) is 11.4. The predicted molar refractivity (Wildman–Crippen MR) is 65.5 cm³/mol. The van der Waals surface area contributed by atoms with Gasteiger partial charge in [-0.3, -0.25) is 9.63 Å². The average molecular weight is 300 g/mol. The van der Waals surface area contributed by atoms with Crippen LogP contribution in [-0.2, 0) is 11.0 Å². The van der Waals surface area contributed by atoms with Crippen LogP contribution in [-0.4, -0.2) is 27.5 Å². The molecule has 9 heteroatoms. The maximum Gasteiger partial charge on any atom is 0.418 e. The molecular formula is C12H11F3N4O2. The number of carbonyl (C=O) groups is 1. The quantitative estimate of drug-likeness (QED) is 0.876. The van der Waals surface area contributed by atoms with Gasteiger partial charge in [0.1, 0.15) is 0 Å². The molecule has 0 aliphatic carbocycles. The highest BCUT2D eigenvalue weighted by Gasteiger charge is 2.34. The van der Waals surface area contributed by atoms with Crippen LogP contribution < -0.4 is 5.48 Å². The van der Waals surface area contributed by atoms with Crippen LogP contribution in [0.5, 0.6) is 0 Å². The van der Waals surface area contributed by atoms with Gasteiger partial charge in [-0.2, -0.15) is 13.2 Å². The van der Waals surface area contributed by atoms with Crippen LogP contribution >= 0.6 is 0 Å². The summed E-state index contributed by atoms with van der Waals surface area (Å²) in [5.41, 5.74) is 0.845. The molecule has 0 aliphatic heterocycles. The summed E-state index contributed by atoms with van der Waals surface area (Å²) in [5.74, 6) is -0.687. The highest BCUT2D eigenvalue weighted by atomic mass is 19.4. The Labute approximate surface area is 117 Å². The number of carbonyl (C=O) groups excluding carboxylic acids is 1. The summed E-state index contributed by atoms with van der Waals surface area (Å²) in [4.78, 5) is 16.2. The maximum atomic E-state index is 12.9. The smallest absolute Gasteiger partial charge is 0.274 e. The van der Waals surface area contributed by atoms with Crippen molar-refractivity contribution >= 4 is 5.91 Å². The molecule has 1 heterocycles. The molecule has 21 heavy (non-hydrogen) atoms. The van der Waals surface area contributed by atoms with Crippen LogP contribution in [0.15, 0.2) is 30.5 Å². The SMILES string of the molecule is CCONC(=O)c1cn(-c2ccccc2C(F)(F)F)nn1. The van der Waals surface area contributed by atoms with Gasteiger partial charge >= 0.3 is 6.18 Å². The van der Waals surface area contributed by atoms with Gasteiger partial charge in [-0.25, -0.2) is 10.2 Å². The lowest BCUT2D eigenvalue weighted by Crippen LogP contribution is -2.23. The Bertz CT molecular complexity index is 639. The number of hydroxylamine groups is 1. The number of hydrogen-bond acceptors (Lipinski definition) is 4. The average Bonchev–Trinajstić information content (AvgIpc) is 2.93. The van der Waals surface area contributed by atoms with Gasteiger partial charge in [0.25, 0.3) is 5.91 Å². The van der Waals surface area contributed by atoms with Crippen molar-refractivity contribution in [1.82, 2.24) is 20.5 Å². The largest absolute Gasteiger partial charge is 0.418 e. The number of nitrogens with zero attached hydrogens (tertiary/aromatic N) is 3. The first-order valence-corrected chi connectivity index (χ1v) is 5.94. The van der Waals surface area contributed by atoms with Gasteiger partial charge in [-0.1, -0.05) is 17.3 Å². The zero-order chi connectivity index (χ0) is 15.5. The Kier molecular flexibility index (Phi) is 4.22. The third-order valence-electron chi connectivity index (χ3n) is 2.49. The molecule has 112 valence electrons. The molecule has 0 radical (unpaired) electrons. The summed E-state index contributed by atoms with van der Waals surface area (Å²) in [7, 11) is 0. The van der Waals surface area contributed by atoms with Crippen molar-refractivity contribution in [2.75, 3.05) is 6.61 Å². The van der Waals surface area contributed by atoms with Crippen molar-refractivity contribution in [3.63, 3.8) is 0 Å². The number of hydrogen-bond donors (Lipinski definition) is 1. The lowest BCUT2D eigenvalue weighted by Gasteiger charge is -2.11. The van der Waals surface area contributed by atoms with E-state index < -0.39 is 17.6 Å². The second-order valence-electron chi connectivity index (χ2n) is 3.93. The fraction of sp³-hybridized carbons (Fsp3) is 0.250. The number of benzene rings is 1. The zero-order valence-electron chi connectivity index (χ0n) is 10.9. The standard InChI is InChI=1S/C12H11F3N4O2/c1-2-21-17-11(20)9-7-19(18-16-9)10-6-4-3-5-8(10)12(13,14)15/h3-7H,2H2,1H3,(H,17,20). The number of alkyl halides is 3. The second kappa shape index (κ2) is 5.92. The van der Waals surface area contributed by atoms with Crippen LogP contribution in [0.2, 0.25) is 0 Å². The minimum atomic E-state index is -4.53. The Morgan fingerprint density at radius 3 is 2.76 bits per heavy atom. The van der Waals surface area contributed by atoms with E-state index in [0.29, 0.717) is 0 Å². The van der Waals surface area contributed by atoms with Crippen molar-refractivity contribution < 1.29 is 22.8 Å². The summed E-state index contributed by atoms with van der Waals surface area (Å²) in [6.07, 6.45) is -3.44. The van der Waals surface area contributed by atoms with Crippen LogP contribution in [0.3, 0.4) is 0 Å². The summed E-state index contributed by atoms with van der Waals surface area (Å²) >= 11 is 0. The number of nitrogens with one attached hydrogen (secondary N) is 1. The van der Waals surface area contributed by atoms with Crippen molar-refractivity contribution in [3.8, 4) is 5.69 Å². The molecule has 0 spiro atoms. The number of halogens is 3. The molecule has 1 N–H and O–H groups in total. The summed E-state index contributed by atoms with van der Waals surface area (Å²) in [6, 6.07) is 4.87. The van der Waals surface area contributed by atoms with E-state index in [0.717, 1.165) is 16.9 Å². The van der Waals surface area contributed by atoms with E-state index in [2.05, 4.69) is 20.6 Å². The highest BCUT2D eigenvalue weighted by molar-refractivity contribution is 5.91. The van der Waals surface area contributed by atoms with E-state index in [4.69, 9.17) is 0 Å². The van der Waals surface area contributed by atoms with Gasteiger partial charge in [0.2, 0.25) is 0 Å². The number of aromatic nitrogens is 3. The van der Waals surface area contributed by atoms with E-state index >= 15 is 0 Å². The number of rotatable bonds is 4. The molecule has 0 atom stereocenters. The molecule has 1 amide bonds. The second-order valence-corrected chi connectivity index (χ2v) is 3.93. The van der Waals surface area contributed by atoms with E-state index in [-0.39, 0.29) is 18.0 Å². The molecule has 0 saturated carbocycles. The molecule has 1 aromatic carbocycles. The fourth-order valence-corrected chi connectivity index (χ4v) is 1.59. The first-order valence-electron chi connectivity index (χ1n) is 5.94. The minimum Gasteiger partial charge on any atom is -0.274 e. The lowest BCUT2D eigenvalue weighted by molar-refractivity contribution is -0.137.